The van der Waals surface area contributed by atoms with Crippen molar-refractivity contribution in [3.05, 3.63) is 42.2 Å². The number of phenols is 1. The number of anilines is 1. The second-order valence-corrected chi connectivity index (χ2v) is 7.41. The fourth-order valence-electron chi connectivity index (χ4n) is 4.18. The van der Waals surface area contributed by atoms with Crippen LogP contribution in [0.4, 0.5) is 19.0 Å². The zero-order chi connectivity index (χ0) is 20.2. The van der Waals surface area contributed by atoms with Gasteiger partial charge < -0.3 is 15.2 Å². The van der Waals surface area contributed by atoms with Crippen molar-refractivity contribution >= 4 is 16.6 Å². The van der Waals surface area contributed by atoms with E-state index in [4.69, 9.17) is 4.74 Å². The molecule has 0 amide bonds. The Balaban J connectivity index is 1.55. The van der Waals surface area contributed by atoms with E-state index in [2.05, 4.69) is 20.5 Å². The molecule has 4 heterocycles. The number of ether oxygens (including phenoxy) is 1. The number of phenolic OH excluding ortho intramolecular Hbond substituents is 1. The van der Waals surface area contributed by atoms with Crippen LogP contribution < -0.4 is 5.32 Å². The molecule has 5 rings (SSSR count). The smallest absolute Gasteiger partial charge is 0.416 e. The van der Waals surface area contributed by atoms with Gasteiger partial charge in [0.05, 0.1) is 23.8 Å². The van der Waals surface area contributed by atoms with Gasteiger partial charge in [-0.3, -0.25) is 4.98 Å². The number of rotatable bonds is 3. The molecule has 150 valence electrons. The van der Waals surface area contributed by atoms with Crippen molar-refractivity contribution in [1.29, 1.82) is 0 Å². The Kier molecular flexibility index (Phi) is 4.09. The van der Waals surface area contributed by atoms with E-state index >= 15 is 0 Å². The van der Waals surface area contributed by atoms with Gasteiger partial charge in [0.2, 0.25) is 0 Å². The van der Waals surface area contributed by atoms with Crippen LogP contribution in [0.15, 0.2) is 36.7 Å². The van der Waals surface area contributed by atoms with Crippen LogP contribution in [0.25, 0.3) is 22.0 Å². The second kappa shape index (κ2) is 6.55. The second-order valence-electron chi connectivity index (χ2n) is 7.41. The van der Waals surface area contributed by atoms with E-state index in [-0.39, 0.29) is 23.8 Å². The number of hydrogen-bond donors (Lipinski definition) is 2. The van der Waals surface area contributed by atoms with Crippen molar-refractivity contribution < 1.29 is 23.0 Å². The van der Waals surface area contributed by atoms with E-state index in [0.717, 1.165) is 25.3 Å². The van der Waals surface area contributed by atoms with Crippen molar-refractivity contribution in [3.63, 3.8) is 0 Å². The van der Waals surface area contributed by atoms with E-state index in [1.165, 1.54) is 6.07 Å². The van der Waals surface area contributed by atoms with Gasteiger partial charge in [0.25, 0.3) is 0 Å². The van der Waals surface area contributed by atoms with Crippen molar-refractivity contribution in [2.45, 2.75) is 43.7 Å². The molecule has 2 aromatic heterocycles. The summed E-state index contributed by atoms with van der Waals surface area (Å²) in [6.45, 7) is 0. The summed E-state index contributed by atoms with van der Waals surface area (Å²) in [6.07, 6.45) is 2.06. The van der Waals surface area contributed by atoms with Gasteiger partial charge in [0.15, 0.2) is 5.82 Å². The zero-order valence-electron chi connectivity index (χ0n) is 15.1. The predicted octanol–water partition coefficient (Wildman–Crippen LogP) is 4.15. The van der Waals surface area contributed by atoms with Crippen LogP contribution in [0, 0.1) is 0 Å². The molecule has 2 saturated heterocycles. The number of pyridine rings is 1. The van der Waals surface area contributed by atoms with Gasteiger partial charge in [-0.25, -0.2) is 0 Å². The lowest BCUT2D eigenvalue weighted by Gasteiger charge is -2.21. The fraction of sp³-hybridized carbons (Fsp3) is 0.350. The van der Waals surface area contributed by atoms with Crippen molar-refractivity contribution in [3.8, 4) is 17.0 Å². The van der Waals surface area contributed by atoms with Crippen LogP contribution >= 0.6 is 0 Å². The molecule has 2 bridgehead atoms. The number of fused-ring (bicyclic) bond motifs is 3. The first-order valence-corrected chi connectivity index (χ1v) is 9.33. The summed E-state index contributed by atoms with van der Waals surface area (Å²) in [5.74, 6) is 0.0406. The van der Waals surface area contributed by atoms with Crippen LogP contribution in [0.3, 0.4) is 0 Å². The first-order chi connectivity index (χ1) is 13.9. The quantitative estimate of drug-likeness (QED) is 0.685. The summed E-state index contributed by atoms with van der Waals surface area (Å²) in [5.41, 5.74) is -0.452. The predicted molar refractivity (Wildman–Crippen MR) is 99.4 cm³/mol. The van der Waals surface area contributed by atoms with Crippen molar-refractivity contribution in [2.75, 3.05) is 5.32 Å². The summed E-state index contributed by atoms with van der Waals surface area (Å²) >= 11 is 0. The molecule has 0 radical (unpaired) electrons. The topological polar surface area (TPSA) is 80.2 Å². The molecule has 2 aliphatic heterocycles. The molecule has 9 heteroatoms. The lowest BCUT2D eigenvalue weighted by molar-refractivity contribution is -0.137. The van der Waals surface area contributed by atoms with Crippen LogP contribution in [0.2, 0.25) is 0 Å². The minimum atomic E-state index is -4.54. The average molecular weight is 402 g/mol. The lowest BCUT2D eigenvalue weighted by atomic mass is 9.95. The van der Waals surface area contributed by atoms with Gasteiger partial charge in [-0.15, -0.1) is 10.2 Å². The number of hydrogen-bond acceptors (Lipinski definition) is 6. The summed E-state index contributed by atoms with van der Waals surface area (Å²) < 4.78 is 44.6. The maximum atomic E-state index is 12.9. The molecule has 2 aliphatic rings. The molecule has 1 unspecified atom stereocenters. The normalized spacial score (nSPS) is 23.6. The van der Waals surface area contributed by atoms with Crippen LogP contribution in [0.1, 0.15) is 24.8 Å². The number of nitrogens with zero attached hydrogens (tertiary/aromatic N) is 3. The lowest BCUT2D eigenvalue weighted by Crippen LogP contribution is -2.31. The van der Waals surface area contributed by atoms with Gasteiger partial charge in [-0.05, 0) is 43.5 Å². The third-order valence-corrected chi connectivity index (χ3v) is 5.59. The Labute approximate surface area is 163 Å². The van der Waals surface area contributed by atoms with Gasteiger partial charge >= 0.3 is 6.18 Å². The molecule has 0 spiro atoms. The van der Waals surface area contributed by atoms with E-state index in [0.29, 0.717) is 28.4 Å². The SMILES string of the molecule is Oc1cc(C(F)(F)F)ccc1-c1nnc(NC2C[C@H]3CC[C@@H]2O3)c2cnccc12. The fourth-order valence-corrected chi connectivity index (χ4v) is 4.18. The molecular weight excluding hydrogens is 385 g/mol. The number of halogens is 3. The monoisotopic (exact) mass is 402 g/mol. The third-order valence-electron chi connectivity index (χ3n) is 5.59. The maximum Gasteiger partial charge on any atom is 0.416 e. The minimum Gasteiger partial charge on any atom is -0.507 e. The number of benzene rings is 1. The van der Waals surface area contributed by atoms with Crippen molar-refractivity contribution in [2.24, 2.45) is 0 Å². The zero-order valence-corrected chi connectivity index (χ0v) is 15.1. The first-order valence-electron chi connectivity index (χ1n) is 9.33. The molecule has 3 aromatic rings. The van der Waals surface area contributed by atoms with Crippen LogP contribution in [-0.2, 0) is 10.9 Å². The molecule has 2 N–H and O–H groups in total. The van der Waals surface area contributed by atoms with E-state index in [1.54, 1.807) is 18.5 Å². The molecule has 2 fully saturated rings. The van der Waals surface area contributed by atoms with Crippen LogP contribution in [-0.4, -0.2) is 38.5 Å². The number of alkyl halides is 3. The first kappa shape index (κ1) is 18.1. The molecule has 1 aromatic carbocycles. The highest BCUT2D eigenvalue weighted by Crippen LogP contribution is 2.40. The molecular formula is C20H17F3N4O2. The van der Waals surface area contributed by atoms with Gasteiger partial charge in [0, 0.05) is 28.7 Å². The summed E-state index contributed by atoms with van der Waals surface area (Å²) in [6, 6.07) is 4.67. The highest BCUT2D eigenvalue weighted by atomic mass is 19.4. The number of aromatic nitrogens is 3. The Hall–Kier alpha value is -2.94. The molecule has 29 heavy (non-hydrogen) atoms. The summed E-state index contributed by atoms with van der Waals surface area (Å²) in [5, 5.41) is 23.4. The van der Waals surface area contributed by atoms with E-state index in [9.17, 15) is 18.3 Å². The average Bonchev–Trinajstić information content (AvgIpc) is 3.31. The van der Waals surface area contributed by atoms with Crippen LogP contribution in [0.5, 0.6) is 5.75 Å². The number of nitrogens with one attached hydrogen (secondary N) is 1. The highest BCUT2D eigenvalue weighted by Gasteiger charge is 2.41. The minimum absolute atomic E-state index is 0.136. The third kappa shape index (κ3) is 3.15. The Morgan fingerprint density at radius 3 is 2.66 bits per heavy atom. The Bertz CT molecular complexity index is 1090. The number of aromatic hydroxyl groups is 1. The molecule has 0 aliphatic carbocycles. The largest absolute Gasteiger partial charge is 0.507 e. The molecule has 3 atom stereocenters. The molecule has 6 nitrogen and oxygen atoms in total. The standard InChI is InChI=1S/C20H17F3N4O2/c21-20(22,23)10-1-3-13(16(28)7-10)18-12-5-6-24-9-14(12)19(27-26-18)25-15-8-11-2-4-17(15)29-11/h1,3,5-7,9,11,15,17,28H,2,4,8H2,(H,25,27)/t11-,15?,17+/m1/s1. The Morgan fingerprint density at radius 2 is 1.97 bits per heavy atom. The van der Waals surface area contributed by atoms with Crippen molar-refractivity contribution in [1.82, 2.24) is 15.2 Å². The Morgan fingerprint density at radius 1 is 1.10 bits per heavy atom. The van der Waals surface area contributed by atoms with E-state index < -0.39 is 17.5 Å². The molecule has 0 saturated carbocycles. The summed E-state index contributed by atoms with van der Waals surface area (Å²) in [7, 11) is 0. The van der Waals surface area contributed by atoms with E-state index in [1.807, 2.05) is 0 Å². The van der Waals surface area contributed by atoms with Gasteiger partial charge in [-0.1, -0.05) is 0 Å². The maximum absolute atomic E-state index is 12.9. The van der Waals surface area contributed by atoms with Gasteiger partial charge in [-0.2, -0.15) is 13.2 Å². The van der Waals surface area contributed by atoms with Gasteiger partial charge in [0.1, 0.15) is 11.4 Å². The summed E-state index contributed by atoms with van der Waals surface area (Å²) in [4.78, 5) is 4.15. The highest BCUT2D eigenvalue weighted by molar-refractivity contribution is 6.00.